The standard InChI is InChI=1S/C32H27N5O4S2/c33-16-20-6-8-24(9-7-20)30-37(32(40)41-17-21-4-2-1-3-5-21)27(19-42-30)29(39)36-31-35-26(18-43-31)22-10-12-23(13-11-22)28(38)34-25-14-15-25/h1-13,18,25,27,30H,14-15,17,19H2,(H,34,38)(H,35,36,39)/t27-,30?/m0/s1. The van der Waals surface area contributed by atoms with Gasteiger partial charge in [-0.1, -0.05) is 54.6 Å². The molecule has 1 unspecified atom stereocenters. The second-order valence-electron chi connectivity index (χ2n) is 10.2. The van der Waals surface area contributed by atoms with Crippen LogP contribution >= 0.6 is 23.1 Å². The number of thiazole rings is 1. The number of nitrogens with zero attached hydrogens (tertiary/aromatic N) is 3. The van der Waals surface area contributed by atoms with E-state index in [0.717, 1.165) is 29.5 Å². The first kappa shape index (κ1) is 28.5. The van der Waals surface area contributed by atoms with E-state index in [1.165, 1.54) is 28.0 Å². The van der Waals surface area contributed by atoms with Gasteiger partial charge in [0.25, 0.3) is 5.91 Å². The topological polar surface area (TPSA) is 124 Å². The number of ether oxygens (including phenoxy) is 1. The maximum absolute atomic E-state index is 13.5. The van der Waals surface area contributed by atoms with E-state index in [1.54, 1.807) is 36.4 Å². The molecule has 0 spiro atoms. The Kier molecular flexibility index (Phi) is 8.40. The minimum atomic E-state index is -0.800. The van der Waals surface area contributed by atoms with Gasteiger partial charge in [-0.05, 0) is 48.2 Å². The lowest BCUT2D eigenvalue weighted by atomic mass is 10.1. The van der Waals surface area contributed by atoms with E-state index in [0.29, 0.717) is 27.7 Å². The van der Waals surface area contributed by atoms with E-state index < -0.39 is 17.5 Å². The fraction of sp³-hybridized carbons (Fsp3) is 0.219. The van der Waals surface area contributed by atoms with Crippen molar-refractivity contribution in [2.75, 3.05) is 11.1 Å². The second-order valence-corrected chi connectivity index (χ2v) is 12.2. The van der Waals surface area contributed by atoms with Crippen LogP contribution in [0, 0.1) is 11.3 Å². The molecule has 3 aromatic carbocycles. The zero-order chi connectivity index (χ0) is 29.8. The number of hydrogen-bond donors (Lipinski definition) is 2. The van der Waals surface area contributed by atoms with Crippen LogP contribution < -0.4 is 10.6 Å². The number of anilines is 1. The number of benzene rings is 3. The van der Waals surface area contributed by atoms with E-state index in [4.69, 9.17) is 4.74 Å². The van der Waals surface area contributed by atoms with Gasteiger partial charge in [0.2, 0.25) is 5.91 Å². The van der Waals surface area contributed by atoms with Crippen LogP contribution in [-0.4, -0.2) is 45.6 Å². The van der Waals surface area contributed by atoms with Crippen molar-refractivity contribution in [3.05, 3.63) is 106 Å². The van der Waals surface area contributed by atoms with Crippen molar-refractivity contribution in [3.63, 3.8) is 0 Å². The number of nitriles is 1. The summed E-state index contributed by atoms with van der Waals surface area (Å²) < 4.78 is 5.65. The summed E-state index contributed by atoms with van der Waals surface area (Å²) in [4.78, 5) is 45.3. The van der Waals surface area contributed by atoms with Crippen molar-refractivity contribution in [1.82, 2.24) is 15.2 Å². The predicted molar refractivity (Wildman–Crippen MR) is 165 cm³/mol. The van der Waals surface area contributed by atoms with Crippen molar-refractivity contribution < 1.29 is 19.1 Å². The van der Waals surface area contributed by atoms with Gasteiger partial charge < -0.3 is 15.4 Å². The van der Waals surface area contributed by atoms with Gasteiger partial charge in [-0.25, -0.2) is 9.78 Å². The molecule has 11 heteroatoms. The largest absolute Gasteiger partial charge is 0.444 e. The van der Waals surface area contributed by atoms with Gasteiger partial charge in [-0.3, -0.25) is 14.5 Å². The van der Waals surface area contributed by atoms with Crippen LogP contribution in [0.1, 0.15) is 45.3 Å². The number of thioether (sulfide) groups is 1. The normalized spacial score (nSPS) is 17.6. The molecular formula is C32H27N5O4S2. The van der Waals surface area contributed by atoms with Gasteiger partial charge in [-0.15, -0.1) is 23.1 Å². The Hall–Kier alpha value is -4.66. The molecular weight excluding hydrogens is 583 g/mol. The lowest BCUT2D eigenvalue weighted by molar-refractivity contribution is -0.120. The van der Waals surface area contributed by atoms with E-state index >= 15 is 0 Å². The third-order valence-electron chi connectivity index (χ3n) is 7.13. The number of hydrogen-bond acceptors (Lipinski definition) is 8. The maximum Gasteiger partial charge on any atom is 0.412 e. The lowest BCUT2D eigenvalue weighted by Gasteiger charge is -2.28. The van der Waals surface area contributed by atoms with Crippen LogP contribution in [0.2, 0.25) is 0 Å². The van der Waals surface area contributed by atoms with Crippen LogP contribution in [0.25, 0.3) is 11.3 Å². The zero-order valence-corrected chi connectivity index (χ0v) is 24.6. The van der Waals surface area contributed by atoms with Crippen molar-refractivity contribution in [1.29, 1.82) is 5.26 Å². The summed E-state index contributed by atoms with van der Waals surface area (Å²) in [6, 6.07) is 25.1. The smallest absolute Gasteiger partial charge is 0.412 e. The Morgan fingerprint density at radius 1 is 1.00 bits per heavy atom. The Morgan fingerprint density at radius 3 is 2.44 bits per heavy atom. The van der Waals surface area contributed by atoms with E-state index in [9.17, 15) is 19.6 Å². The molecule has 43 heavy (non-hydrogen) atoms. The minimum absolute atomic E-state index is 0.0755. The first-order valence-electron chi connectivity index (χ1n) is 13.8. The highest BCUT2D eigenvalue weighted by atomic mass is 32.2. The van der Waals surface area contributed by atoms with Crippen molar-refractivity contribution in [2.24, 2.45) is 0 Å². The average molecular weight is 610 g/mol. The molecule has 4 aromatic rings. The summed E-state index contributed by atoms with van der Waals surface area (Å²) in [6.07, 6.45) is 1.45. The van der Waals surface area contributed by atoms with Gasteiger partial charge in [0.15, 0.2) is 5.13 Å². The highest BCUT2D eigenvalue weighted by molar-refractivity contribution is 7.99. The van der Waals surface area contributed by atoms with E-state index in [-0.39, 0.29) is 24.5 Å². The molecule has 1 aromatic heterocycles. The number of nitrogens with one attached hydrogen (secondary N) is 2. The molecule has 2 heterocycles. The van der Waals surface area contributed by atoms with Gasteiger partial charge in [0, 0.05) is 28.3 Å². The van der Waals surface area contributed by atoms with E-state index in [1.807, 2.05) is 47.8 Å². The first-order chi connectivity index (χ1) is 21.0. The average Bonchev–Trinajstić information content (AvgIpc) is 3.54. The summed E-state index contributed by atoms with van der Waals surface area (Å²) in [7, 11) is 0. The number of aromatic nitrogens is 1. The molecule has 2 aliphatic rings. The van der Waals surface area contributed by atoms with E-state index in [2.05, 4.69) is 21.7 Å². The van der Waals surface area contributed by atoms with Gasteiger partial charge in [-0.2, -0.15) is 5.26 Å². The van der Waals surface area contributed by atoms with Crippen LogP contribution in [-0.2, 0) is 16.1 Å². The molecule has 1 saturated carbocycles. The second kappa shape index (κ2) is 12.7. The Morgan fingerprint density at radius 2 is 1.74 bits per heavy atom. The summed E-state index contributed by atoms with van der Waals surface area (Å²) >= 11 is 2.74. The Balaban J connectivity index is 1.16. The van der Waals surface area contributed by atoms with Crippen LogP contribution in [0.4, 0.5) is 9.93 Å². The Labute approximate surface area is 256 Å². The monoisotopic (exact) mass is 609 g/mol. The Bertz CT molecular complexity index is 1660. The summed E-state index contributed by atoms with van der Waals surface area (Å²) in [5.41, 5.74) is 4.23. The van der Waals surface area contributed by atoms with Crippen molar-refractivity contribution in [2.45, 2.75) is 36.9 Å². The van der Waals surface area contributed by atoms with Gasteiger partial charge in [0.1, 0.15) is 18.0 Å². The van der Waals surface area contributed by atoms with Gasteiger partial charge >= 0.3 is 6.09 Å². The maximum atomic E-state index is 13.5. The number of carbonyl (C=O) groups is 3. The van der Waals surface area contributed by atoms with Crippen LogP contribution in [0.3, 0.4) is 0 Å². The summed E-state index contributed by atoms with van der Waals surface area (Å²) in [6.45, 7) is 0.0755. The molecule has 2 N–H and O–H groups in total. The van der Waals surface area contributed by atoms with Gasteiger partial charge in [0.05, 0.1) is 17.3 Å². The molecule has 1 aliphatic heterocycles. The molecule has 0 bridgehead atoms. The third-order valence-corrected chi connectivity index (χ3v) is 9.21. The molecule has 2 fully saturated rings. The molecule has 1 aliphatic carbocycles. The summed E-state index contributed by atoms with van der Waals surface area (Å²) in [5, 5.41) is 16.8. The molecule has 1 saturated heterocycles. The lowest BCUT2D eigenvalue weighted by Crippen LogP contribution is -2.45. The number of carbonyl (C=O) groups excluding carboxylic acids is 3. The number of amides is 3. The molecule has 9 nitrogen and oxygen atoms in total. The van der Waals surface area contributed by atoms with Crippen LogP contribution in [0.5, 0.6) is 0 Å². The molecule has 2 atom stereocenters. The fourth-order valence-electron chi connectivity index (χ4n) is 4.65. The fourth-order valence-corrected chi connectivity index (χ4v) is 6.79. The highest BCUT2D eigenvalue weighted by Gasteiger charge is 2.43. The minimum Gasteiger partial charge on any atom is -0.444 e. The predicted octanol–water partition coefficient (Wildman–Crippen LogP) is 5.97. The molecule has 216 valence electrons. The first-order valence-corrected chi connectivity index (χ1v) is 15.7. The zero-order valence-electron chi connectivity index (χ0n) is 22.9. The van der Waals surface area contributed by atoms with Crippen LogP contribution in [0.15, 0.2) is 84.2 Å². The quantitative estimate of drug-likeness (QED) is 0.252. The van der Waals surface area contributed by atoms with Crippen molar-refractivity contribution >= 4 is 46.1 Å². The highest BCUT2D eigenvalue weighted by Crippen LogP contribution is 2.42. The molecule has 0 radical (unpaired) electrons. The SMILES string of the molecule is N#Cc1ccc(C2SC[C@@H](C(=O)Nc3nc(-c4ccc(C(=O)NC5CC5)cc4)cs3)N2C(=O)OCc2ccccc2)cc1. The molecule has 3 amide bonds. The summed E-state index contributed by atoms with van der Waals surface area (Å²) in [5.74, 6) is -0.0892. The van der Waals surface area contributed by atoms with Crippen molar-refractivity contribution in [3.8, 4) is 17.3 Å². The number of rotatable bonds is 8. The molecule has 6 rings (SSSR count). The third kappa shape index (κ3) is 6.71.